The van der Waals surface area contributed by atoms with Crippen LogP contribution in [-0.4, -0.2) is 37.9 Å². The molecule has 0 amide bonds. The summed E-state index contributed by atoms with van der Waals surface area (Å²) in [7, 11) is 4.03. The summed E-state index contributed by atoms with van der Waals surface area (Å²) in [6.45, 7) is 5.69. The summed E-state index contributed by atoms with van der Waals surface area (Å²) in [4.78, 5) is 15.0. The van der Waals surface area contributed by atoms with Crippen LogP contribution < -0.4 is 4.74 Å². The minimum Gasteiger partial charge on any atom is -0.492 e. The lowest BCUT2D eigenvalue weighted by molar-refractivity contribution is 0.0938. The van der Waals surface area contributed by atoms with Crippen molar-refractivity contribution in [1.82, 2.24) is 4.90 Å². The molecule has 2 aromatic rings. The largest absolute Gasteiger partial charge is 0.492 e. The predicted molar refractivity (Wildman–Crippen MR) is 98.8 cm³/mol. The molecule has 0 saturated heterocycles. The first kappa shape index (κ1) is 18.2. The van der Waals surface area contributed by atoms with Gasteiger partial charge in [0.05, 0.1) is 0 Å². The molecular formula is C21H27NO2. The Morgan fingerprint density at radius 3 is 2.17 bits per heavy atom. The van der Waals surface area contributed by atoms with Crippen LogP contribution in [0, 0.1) is 5.92 Å². The van der Waals surface area contributed by atoms with Gasteiger partial charge in [0.15, 0.2) is 5.78 Å². The second kappa shape index (κ2) is 8.65. The molecule has 0 aliphatic rings. The average Bonchev–Trinajstić information content (AvgIpc) is 2.56. The Kier molecular flexibility index (Phi) is 6.56. The molecule has 2 rings (SSSR count). The van der Waals surface area contributed by atoms with Crippen LogP contribution in [0.4, 0.5) is 0 Å². The van der Waals surface area contributed by atoms with Crippen LogP contribution >= 0.6 is 0 Å². The van der Waals surface area contributed by atoms with Gasteiger partial charge >= 0.3 is 0 Å². The molecule has 0 saturated carbocycles. The van der Waals surface area contributed by atoms with Crippen LogP contribution in [0.1, 0.15) is 35.7 Å². The maximum atomic E-state index is 13.0. The number of Topliss-reactive ketones (excluding diaryl/α,β-unsaturated/α-hetero) is 1. The first-order valence-corrected chi connectivity index (χ1v) is 8.46. The van der Waals surface area contributed by atoms with Crippen molar-refractivity contribution in [2.75, 3.05) is 27.2 Å². The molecule has 0 aliphatic heterocycles. The Bertz CT molecular complexity index is 633. The molecular weight excluding hydrogens is 298 g/mol. The lowest BCUT2D eigenvalue weighted by Gasteiger charge is -2.20. The highest BCUT2D eigenvalue weighted by Gasteiger charge is 2.25. The molecule has 1 unspecified atom stereocenters. The SMILES string of the molecule is CC(C)C(C(=O)c1ccc(OCCN(C)C)cc1)c1ccccc1. The number of likely N-dealkylation sites (N-methyl/N-ethyl adjacent to an activating group) is 1. The summed E-state index contributed by atoms with van der Waals surface area (Å²) in [5.41, 5.74) is 1.81. The van der Waals surface area contributed by atoms with E-state index in [9.17, 15) is 4.79 Å². The van der Waals surface area contributed by atoms with Gasteiger partial charge in [-0.05, 0) is 49.8 Å². The van der Waals surface area contributed by atoms with Crippen LogP contribution in [0.5, 0.6) is 5.75 Å². The van der Waals surface area contributed by atoms with E-state index in [-0.39, 0.29) is 17.6 Å². The van der Waals surface area contributed by atoms with Gasteiger partial charge in [0.25, 0.3) is 0 Å². The van der Waals surface area contributed by atoms with Crippen molar-refractivity contribution in [3.8, 4) is 5.75 Å². The quantitative estimate of drug-likeness (QED) is 0.680. The Morgan fingerprint density at radius 2 is 1.62 bits per heavy atom. The predicted octanol–water partition coefficient (Wildman–Crippen LogP) is 4.25. The van der Waals surface area contributed by atoms with Gasteiger partial charge < -0.3 is 9.64 Å². The lowest BCUT2D eigenvalue weighted by Crippen LogP contribution is -2.19. The maximum Gasteiger partial charge on any atom is 0.170 e. The molecule has 128 valence electrons. The highest BCUT2D eigenvalue weighted by atomic mass is 16.5. The van der Waals surface area contributed by atoms with E-state index >= 15 is 0 Å². The van der Waals surface area contributed by atoms with Gasteiger partial charge in [0, 0.05) is 18.0 Å². The number of nitrogens with zero attached hydrogens (tertiary/aromatic N) is 1. The molecule has 0 N–H and O–H groups in total. The van der Waals surface area contributed by atoms with Crippen LogP contribution in [-0.2, 0) is 0 Å². The second-order valence-electron chi connectivity index (χ2n) is 6.67. The number of hydrogen-bond acceptors (Lipinski definition) is 3. The maximum absolute atomic E-state index is 13.0. The average molecular weight is 325 g/mol. The van der Waals surface area contributed by atoms with Crippen LogP contribution in [0.25, 0.3) is 0 Å². The smallest absolute Gasteiger partial charge is 0.170 e. The Labute approximate surface area is 145 Å². The van der Waals surface area contributed by atoms with E-state index in [0.717, 1.165) is 23.4 Å². The zero-order chi connectivity index (χ0) is 17.5. The van der Waals surface area contributed by atoms with E-state index in [4.69, 9.17) is 4.74 Å². The van der Waals surface area contributed by atoms with E-state index < -0.39 is 0 Å². The third-order valence-corrected chi connectivity index (χ3v) is 4.05. The lowest BCUT2D eigenvalue weighted by atomic mass is 9.82. The Morgan fingerprint density at radius 1 is 1.00 bits per heavy atom. The van der Waals surface area contributed by atoms with Gasteiger partial charge in [-0.15, -0.1) is 0 Å². The molecule has 0 fully saturated rings. The number of ketones is 1. The fourth-order valence-corrected chi connectivity index (χ4v) is 2.74. The van der Waals surface area contributed by atoms with E-state index in [1.165, 1.54) is 0 Å². The van der Waals surface area contributed by atoms with Crippen molar-refractivity contribution in [3.63, 3.8) is 0 Å². The summed E-state index contributed by atoms with van der Waals surface area (Å²) in [6, 6.07) is 17.5. The van der Waals surface area contributed by atoms with E-state index in [0.29, 0.717) is 6.61 Å². The fraction of sp³-hybridized carbons (Fsp3) is 0.381. The van der Waals surface area contributed by atoms with Crippen molar-refractivity contribution < 1.29 is 9.53 Å². The zero-order valence-corrected chi connectivity index (χ0v) is 15.0. The topological polar surface area (TPSA) is 29.5 Å². The van der Waals surface area contributed by atoms with Gasteiger partial charge in [-0.3, -0.25) is 4.79 Å². The molecule has 3 heteroatoms. The molecule has 0 bridgehead atoms. The first-order chi connectivity index (χ1) is 11.5. The molecule has 0 heterocycles. The molecule has 0 aromatic heterocycles. The van der Waals surface area contributed by atoms with Crippen LogP contribution in [0.3, 0.4) is 0 Å². The number of rotatable bonds is 8. The standard InChI is InChI=1S/C21H27NO2/c1-16(2)20(17-8-6-5-7-9-17)21(23)18-10-12-19(13-11-18)24-15-14-22(3)4/h5-13,16,20H,14-15H2,1-4H3. The summed E-state index contributed by atoms with van der Waals surface area (Å²) in [5, 5.41) is 0. The van der Waals surface area contributed by atoms with E-state index in [1.807, 2.05) is 68.7 Å². The normalized spacial score (nSPS) is 12.4. The van der Waals surface area contributed by atoms with Crippen molar-refractivity contribution >= 4 is 5.78 Å². The summed E-state index contributed by atoms with van der Waals surface area (Å²) in [6.07, 6.45) is 0. The Balaban J connectivity index is 2.10. The first-order valence-electron chi connectivity index (χ1n) is 8.46. The zero-order valence-electron chi connectivity index (χ0n) is 15.0. The van der Waals surface area contributed by atoms with Gasteiger partial charge in [-0.2, -0.15) is 0 Å². The van der Waals surface area contributed by atoms with Crippen molar-refractivity contribution in [3.05, 3.63) is 65.7 Å². The van der Waals surface area contributed by atoms with Crippen molar-refractivity contribution in [2.45, 2.75) is 19.8 Å². The number of hydrogen-bond donors (Lipinski definition) is 0. The van der Waals surface area contributed by atoms with Gasteiger partial charge in [0.1, 0.15) is 12.4 Å². The van der Waals surface area contributed by atoms with Gasteiger partial charge in [-0.1, -0.05) is 44.2 Å². The number of carbonyl (C=O) groups is 1. The molecule has 2 aromatic carbocycles. The second-order valence-corrected chi connectivity index (χ2v) is 6.67. The van der Waals surface area contributed by atoms with E-state index in [1.54, 1.807) is 0 Å². The Hall–Kier alpha value is -2.13. The summed E-state index contributed by atoms with van der Waals surface area (Å²) in [5.74, 6) is 1.09. The van der Waals surface area contributed by atoms with Crippen molar-refractivity contribution in [1.29, 1.82) is 0 Å². The third-order valence-electron chi connectivity index (χ3n) is 4.05. The third kappa shape index (κ3) is 4.93. The highest BCUT2D eigenvalue weighted by Crippen LogP contribution is 2.29. The monoisotopic (exact) mass is 325 g/mol. The number of carbonyl (C=O) groups excluding carboxylic acids is 1. The molecule has 3 nitrogen and oxygen atoms in total. The molecule has 24 heavy (non-hydrogen) atoms. The summed E-state index contributed by atoms with van der Waals surface area (Å²) >= 11 is 0. The van der Waals surface area contributed by atoms with E-state index in [2.05, 4.69) is 18.7 Å². The molecule has 0 radical (unpaired) electrons. The summed E-state index contributed by atoms with van der Waals surface area (Å²) < 4.78 is 5.69. The van der Waals surface area contributed by atoms with Crippen LogP contribution in [0.15, 0.2) is 54.6 Å². The van der Waals surface area contributed by atoms with Crippen LogP contribution in [0.2, 0.25) is 0 Å². The van der Waals surface area contributed by atoms with Crippen molar-refractivity contribution in [2.24, 2.45) is 5.92 Å². The molecule has 0 spiro atoms. The van der Waals surface area contributed by atoms with Gasteiger partial charge in [-0.25, -0.2) is 0 Å². The number of ether oxygens (including phenoxy) is 1. The molecule has 0 aliphatic carbocycles. The minimum atomic E-state index is -0.119. The molecule has 1 atom stereocenters. The van der Waals surface area contributed by atoms with Gasteiger partial charge in [0.2, 0.25) is 0 Å². The fourth-order valence-electron chi connectivity index (χ4n) is 2.74. The number of benzene rings is 2. The highest BCUT2D eigenvalue weighted by molar-refractivity contribution is 6.01. The minimum absolute atomic E-state index is 0.119.